The highest BCUT2D eigenvalue weighted by molar-refractivity contribution is 5.51. The van der Waals surface area contributed by atoms with E-state index < -0.39 is 0 Å². The number of nitrogens with zero attached hydrogens (tertiary/aromatic N) is 1. The van der Waals surface area contributed by atoms with Gasteiger partial charge in [0.2, 0.25) is 0 Å². The Morgan fingerprint density at radius 1 is 1.06 bits per heavy atom. The van der Waals surface area contributed by atoms with Gasteiger partial charge in [0.25, 0.3) is 0 Å². The molecule has 0 unspecified atom stereocenters. The molecule has 0 N–H and O–H groups in total. The first-order valence-electron chi connectivity index (χ1n) is 5.88. The third kappa shape index (κ3) is 2.21. The van der Waals surface area contributed by atoms with Crippen molar-refractivity contribution in [3.63, 3.8) is 0 Å². The molecule has 1 fully saturated rings. The minimum atomic E-state index is -0.202. The predicted molar refractivity (Wildman–Crippen MR) is 67.1 cm³/mol. The van der Waals surface area contributed by atoms with E-state index in [1.54, 1.807) is 21.3 Å². The topological polar surface area (TPSA) is 51.5 Å². The summed E-state index contributed by atoms with van der Waals surface area (Å²) >= 11 is 0. The van der Waals surface area contributed by atoms with E-state index in [0.717, 1.165) is 24.2 Å². The van der Waals surface area contributed by atoms with Crippen LogP contribution in [-0.2, 0) is 6.42 Å². The van der Waals surface area contributed by atoms with E-state index in [0.29, 0.717) is 17.9 Å². The van der Waals surface area contributed by atoms with Crippen LogP contribution in [0.5, 0.6) is 17.2 Å². The highest BCUT2D eigenvalue weighted by Crippen LogP contribution is 2.49. The number of hydrogen-bond donors (Lipinski definition) is 0. The zero-order valence-corrected chi connectivity index (χ0v) is 10.9. The lowest BCUT2D eigenvalue weighted by molar-refractivity contribution is 0.347. The summed E-state index contributed by atoms with van der Waals surface area (Å²) in [7, 11) is 4.82. The molecule has 0 aliphatic heterocycles. The Balaban J connectivity index is 2.36. The highest BCUT2D eigenvalue weighted by atomic mass is 16.5. The van der Waals surface area contributed by atoms with Crippen molar-refractivity contribution < 1.29 is 14.2 Å². The average Bonchev–Trinajstić information content (AvgIpc) is 3.18. The van der Waals surface area contributed by atoms with Crippen LogP contribution >= 0.6 is 0 Å². The van der Waals surface area contributed by atoms with Gasteiger partial charge in [0.05, 0.1) is 32.8 Å². The highest BCUT2D eigenvalue weighted by Gasteiger charge is 2.43. The smallest absolute Gasteiger partial charge is 0.164 e. The van der Waals surface area contributed by atoms with E-state index in [1.807, 2.05) is 12.1 Å². The minimum Gasteiger partial charge on any atom is -0.496 e. The molecular formula is C14H17NO3. The minimum absolute atomic E-state index is 0.202. The maximum absolute atomic E-state index is 9.16. The predicted octanol–water partition coefficient (Wildman–Crippen LogP) is 2.56. The van der Waals surface area contributed by atoms with Gasteiger partial charge in [-0.2, -0.15) is 5.26 Å². The zero-order chi connectivity index (χ0) is 13.2. The largest absolute Gasteiger partial charge is 0.496 e. The second-order valence-electron chi connectivity index (χ2n) is 4.59. The molecule has 96 valence electrons. The molecule has 1 aromatic rings. The summed E-state index contributed by atoms with van der Waals surface area (Å²) in [6, 6.07) is 6.10. The molecule has 1 aromatic carbocycles. The van der Waals surface area contributed by atoms with Crippen LogP contribution in [0, 0.1) is 16.7 Å². The molecule has 0 bridgehead atoms. The molecule has 2 rings (SSSR count). The maximum atomic E-state index is 9.16. The fourth-order valence-corrected chi connectivity index (χ4v) is 2.07. The molecule has 0 atom stereocenters. The van der Waals surface area contributed by atoms with E-state index in [-0.39, 0.29) is 5.41 Å². The first-order chi connectivity index (χ1) is 8.68. The number of methoxy groups -OCH3 is 3. The molecule has 1 aliphatic rings. The first-order valence-corrected chi connectivity index (χ1v) is 5.88. The Labute approximate surface area is 107 Å². The maximum Gasteiger partial charge on any atom is 0.164 e. The summed E-state index contributed by atoms with van der Waals surface area (Å²) in [5, 5.41) is 9.16. The summed E-state index contributed by atoms with van der Waals surface area (Å²) < 4.78 is 15.9. The Morgan fingerprint density at radius 2 is 1.61 bits per heavy atom. The fraction of sp³-hybridized carbons (Fsp3) is 0.500. The van der Waals surface area contributed by atoms with Gasteiger partial charge in [0, 0.05) is 6.07 Å². The molecule has 4 nitrogen and oxygen atoms in total. The lowest BCUT2D eigenvalue weighted by Gasteiger charge is -2.15. The van der Waals surface area contributed by atoms with Gasteiger partial charge in [-0.05, 0) is 30.9 Å². The van der Waals surface area contributed by atoms with Crippen LogP contribution in [0.15, 0.2) is 12.1 Å². The van der Waals surface area contributed by atoms with Gasteiger partial charge >= 0.3 is 0 Å². The third-order valence-electron chi connectivity index (χ3n) is 3.41. The van der Waals surface area contributed by atoms with Gasteiger partial charge in [0.15, 0.2) is 11.5 Å². The number of hydrogen-bond acceptors (Lipinski definition) is 4. The molecule has 0 saturated heterocycles. The fourth-order valence-electron chi connectivity index (χ4n) is 2.07. The van der Waals surface area contributed by atoms with Gasteiger partial charge in [0.1, 0.15) is 5.75 Å². The van der Waals surface area contributed by atoms with Crippen LogP contribution in [0.25, 0.3) is 0 Å². The van der Waals surface area contributed by atoms with Gasteiger partial charge in [-0.25, -0.2) is 0 Å². The summed E-state index contributed by atoms with van der Waals surface area (Å²) in [5.74, 6) is 2.05. The first kappa shape index (κ1) is 12.6. The Bertz CT molecular complexity index is 487. The lowest BCUT2D eigenvalue weighted by Crippen LogP contribution is -2.04. The Hall–Kier alpha value is -1.89. The van der Waals surface area contributed by atoms with Crippen molar-refractivity contribution in [1.29, 1.82) is 5.26 Å². The molecule has 0 heterocycles. The molecule has 0 aromatic heterocycles. The van der Waals surface area contributed by atoms with E-state index in [4.69, 9.17) is 19.5 Å². The number of benzene rings is 1. The van der Waals surface area contributed by atoms with E-state index in [1.165, 1.54) is 0 Å². The van der Waals surface area contributed by atoms with Crippen LogP contribution in [0.2, 0.25) is 0 Å². The summed E-state index contributed by atoms with van der Waals surface area (Å²) in [6.45, 7) is 0. The molecule has 18 heavy (non-hydrogen) atoms. The Kier molecular flexibility index (Phi) is 3.33. The SMILES string of the molecule is COc1cc(OC)c(OC)cc1CC1(C#N)CC1. The third-order valence-corrected chi connectivity index (χ3v) is 3.41. The second-order valence-corrected chi connectivity index (χ2v) is 4.59. The van der Waals surface area contributed by atoms with Crippen molar-refractivity contribution in [2.75, 3.05) is 21.3 Å². The van der Waals surface area contributed by atoms with Crippen molar-refractivity contribution in [3.8, 4) is 23.3 Å². The summed E-state index contributed by atoms with van der Waals surface area (Å²) in [5.41, 5.74) is 0.793. The average molecular weight is 247 g/mol. The molecule has 1 saturated carbocycles. The van der Waals surface area contributed by atoms with E-state index in [2.05, 4.69) is 6.07 Å². The van der Waals surface area contributed by atoms with Crippen LogP contribution in [0.1, 0.15) is 18.4 Å². The molecule has 0 amide bonds. The standard InChI is InChI=1S/C14H17NO3/c1-16-11-7-13(18-3)12(17-2)6-10(11)8-14(9-15)4-5-14/h6-7H,4-5,8H2,1-3H3. The van der Waals surface area contributed by atoms with Crippen LogP contribution < -0.4 is 14.2 Å². The number of nitriles is 1. The van der Waals surface area contributed by atoms with E-state index in [9.17, 15) is 0 Å². The lowest BCUT2D eigenvalue weighted by atomic mass is 9.97. The molecule has 0 radical (unpaired) electrons. The molecule has 4 heteroatoms. The summed E-state index contributed by atoms with van der Waals surface area (Å²) in [4.78, 5) is 0. The van der Waals surface area contributed by atoms with Crippen LogP contribution in [-0.4, -0.2) is 21.3 Å². The number of rotatable bonds is 5. The molecular weight excluding hydrogens is 230 g/mol. The van der Waals surface area contributed by atoms with Crippen molar-refractivity contribution in [3.05, 3.63) is 17.7 Å². The van der Waals surface area contributed by atoms with Gasteiger partial charge in [-0.15, -0.1) is 0 Å². The number of ether oxygens (including phenoxy) is 3. The van der Waals surface area contributed by atoms with Crippen molar-refractivity contribution in [1.82, 2.24) is 0 Å². The van der Waals surface area contributed by atoms with Crippen LogP contribution in [0.3, 0.4) is 0 Å². The van der Waals surface area contributed by atoms with Gasteiger partial charge in [-0.1, -0.05) is 0 Å². The van der Waals surface area contributed by atoms with Gasteiger partial charge in [-0.3, -0.25) is 0 Å². The molecule has 1 aliphatic carbocycles. The van der Waals surface area contributed by atoms with Crippen LogP contribution in [0.4, 0.5) is 0 Å². The van der Waals surface area contributed by atoms with E-state index >= 15 is 0 Å². The van der Waals surface area contributed by atoms with Gasteiger partial charge < -0.3 is 14.2 Å². The van der Waals surface area contributed by atoms with Crippen molar-refractivity contribution in [2.24, 2.45) is 5.41 Å². The molecule has 0 spiro atoms. The van der Waals surface area contributed by atoms with Crippen molar-refractivity contribution >= 4 is 0 Å². The summed E-state index contributed by atoms with van der Waals surface area (Å²) in [6.07, 6.45) is 2.62. The zero-order valence-electron chi connectivity index (χ0n) is 10.9. The monoisotopic (exact) mass is 247 g/mol. The normalized spacial score (nSPS) is 15.7. The second kappa shape index (κ2) is 4.77. The quantitative estimate of drug-likeness (QED) is 0.802. The Morgan fingerprint density at radius 3 is 2.06 bits per heavy atom. The van der Waals surface area contributed by atoms with Crippen molar-refractivity contribution in [2.45, 2.75) is 19.3 Å².